The second kappa shape index (κ2) is 7.13. The van der Waals surface area contributed by atoms with Crippen LogP contribution in [0.3, 0.4) is 0 Å². The third-order valence-electron chi connectivity index (χ3n) is 4.59. The largest absolute Gasteiger partial charge is 0.308 e. The zero-order chi connectivity index (χ0) is 19.1. The standard InChI is InChI=1S/C19H21BrN2O3S/c1-13-9-16-10-17(20)11-18(19(16)22(13)14(2)23)26(24,25)21(3)12-15-7-5-4-6-8-15/h4-8,10-11,13H,9,12H2,1-3H3. The van der Waals surface area contributed by atoms with E-state index in [1.165, 1.54) is 11.2 Å². The Bertz CT molecular complexity index is 945. The first-order chi connectivity index (χ1) is 12.2. The second-order valence-corrected chi connectivity index (χ2v) is 9.53. The van der Waals surface area contributed by atoms with Gasteiger partial charge in [0.15, 0.2) is 0 Å². The Balaban J connectivity index is 2.07. The number of carbonyl (C=O) groups is 1. The predicted octanol–water partition coefficient (Wildman–Crippen LogP) is 3.57. The van der Waals surface area contributed by atoms with Gasteiger partial charge in [-0.1, -0.05) is 46.3 Å². The van der Waals surface area contributed by atoms with E-state index in [0.717, 1.165) is 11.1 Å². The molecule has 1 aliphatic heterocycles. The number of amides is 1. The summed E-state index contributed by atoms with van der Waals surface area (Å²) in [5, 5.41) is 0. The Kier molecular flexibility index (Phi) is 5.23. The Labute approximate surface area is 162 Å². The summed E-state index contributed by atoms with van der Waals surface area (Å²) in [7, 11) is -2.20. The maximum absolute atomic E-state index is 13.3. The molecule has 0 aromatic heterocycles. The minimum atomic E-state index is -3.77. The Morgan fingerprint density at radius 1 is 1.27 bits per heavy atom. The molecule has 7 heteroatoms. The number of anilines is 1. The molecule has 0 aliphatic carbocycles. The number of sulfonamides is 1. The average Bonchev–Trinajstić information content (AvgIpc) is 2.90. The molecule has 0 saturated carbocycles. The molecule has 26 heavy (non-hydrogen) atoms. The van der Waals surface area contributed by atoms with Crippen molar-refractivity contribution in [1.29, 1.82) is 0 Å². The van der Waals surface area contributed by atoms with Gasteiger partial charge < -0.3 is 4.90 Å². The molecule has 5 nitrogen and oxygen atoms in total. The van der Waals surface area contributed by atoms with Crippen molar-refractivity contribution in [3.8, 4) is 0 Å². The summed E-state index contributed by atoms with van der Waals surface area (Å²) in [6.07, 6.45) is 0.638. The van der Waals surface area contributed by atoms with Crippen LogP contribution in [0, 0.1) is 0 Å². The van der Waals surface area contributed by atoms with Gasteiger partial charge in [-0.05, 0) is 36.6 Å². The highest BCUT2D eigenvalue weighted by molar-refractivity contribution is 9.10. The molecule has 3 rings (SSSR count). The first-order valence-corrected chi connectivity index (χ1v) is 10.6. The lowest BCUT2D eigenvalue weighted by molar-refractivity contribution is -0.116. The molecule has 1 amide bonds. The van der Waals surface area contributed by atoms with E-state index in [1.54, 1.807) is 18.0 Å². The lowest BCUT2D eigenvalue weighted by Crippen LogP contribution is -2.35. The van der Waals surface area contributed by atoms with Gasteiger partial charge in [-0.25, -0.2) is 8.42 Å². The van der Waals surface area contributed by atoms with Gasteiger partial charge in [-0.2, -0.15) is 4.31 Å². The number of fused-ring (bicyclic) bond motifs is 1. The molecule has 1 heterocycles. The molecule has 1 aliphatic rings. The van der Waals surface area contributed by atoms with E-state index in [1.807, 2.05) is 43.3 Å². The van der Waals surface area contributed by atoms with Gasteiger partial charge in [0.2, 0.25) is 15.9 Å². The summed E-state index contributed by atoms with van der Waals surface area (Å²) in [5.74, 6) is -0.152. The van der Waals surface area contributed by atoms with Crippen LogP contribution in [-0.4, -0.2) is 31.7 Å². The summed E-state index contributed by atoms with van der Waals surface area (Å²) in [5.41, 5.74) is 2.28. The Morgan fingerprint density at radius 2 is 1.92 bits per heavy atom. The summed E-state index contributed by atoms with van der Waals surface area (Å²) in [6, 6.07) is 12.9. The molecular weight excluding hydrogens is 416 g/mol. The fraction of sp³-hybridized carbons (Fsp3) is 0.316. The van der Waals surface area contributed by atoms with Gasteiger partial charge in [0.1, 0.15) is 4.90 Å². The van der Waals surface area contributed by atoms with Crippen LogP contribution in [0.4, 0.5) is 5.69 Å². The van der Waals surface area contributed by atoms with Gasteiger partial charge in [0.05, 0.1) is 5.69 Å². The second-order valence-electron chi connectivity index (χ2n) is 6.60. The van der Waals surface area contributed by atoms with E-state index < -0.39 is 10.0 Å². The molecule has 1 unspecified atom stereocenters. The molecule has 138 valence electrons. The molecule has 0 fully saturated rings. The molecule has 0 spiro atoms. The zero-order valence-corrected chi connectivity index (χ0v) is 17.3. The van der Waals surface area contributed by atoms with Crippen LogP contribution < -0.4 is 4.90 Å². The van der Waals surface area contributed by atoms with Gasteiger partial charge in [-0.3, -0.25) is 4.79 Å². The minimum Gasteiger partial charge on any atom is -0.308 e. The van der Waals surface area contributed by atoms with Crippen LogP contribution in [0.15, 0.2) is 51.8 Å². The molecule has 0 bridgehead atoms. The van der Waals surface area contributed by atoms with Crippen molar-refractivity contribution in [2.75, 3.05) is 11.9 Å². The lowest BCUT2D eigenvalue weighted by Gasteiger charge is -2.25. The molecule has 2 aromatic rings. The van der Waals surface area contributed by atoms with Gasteiger partial charge in [-0.15, -0.1) is 0 Å². The van der Waals surface area contributed by atoms with Crippen LogP contribution in [0.5, 0.6) is 0 Å². The first-order valence-electron chi connectivity index (χ1n) is 8.34. The number of nitrogens with zero attached hydrogens (tertiary/aromatic N) is 2. The summed E-state index contributed by atoms with van der Waals surface area (Å²) in [4.78, 5) is 13.9. The van der Waals surface area contributed by atoms with E-state index in [-0.39, 0.29) is 23.4 Å². The predicted molar refractivity (Wildman–Crippen MR) is 106 cm³/mol. The van der Waals surface area contributed by atoms with Crippen molar-refractivity contribution in [3.05, 3.63) is 58.1 Å². The number of halogens is 1. The summed E-state index contributed by atoms with van der Waals surface area (Å²) < 4.78 is 28.6. The number of hydrogen-bond donors (Lipinski definition) is 0. The van der Waals surface area contributed by atoms with Crippen LogP contribution in [0.1, 0.15) is 25.0 Å². The van der Waals surface area contributed by atoms with Gasteiger partial charge in [0, 0.05) is 31.0 Å². The van der Waals surface area contributed by atoms with Crippen molar-refractivity contribution >= 4 is 37.5 Å². The van der Waals surface area contributed by atoms with E-state index >= 15 is 0 Å². The fourth-order valence-corrected chi connectivity index (χ4v) is 5.51. The number of benzene rings is 2. The normalized spacial score (nSPS) is 16.8. The van der Waals surface area contributed by atoms with E-state index in [4.69, 9.17) is 0 Å². The zero-order valence-electron chi connectivity index (χ0n) is 14.9. The highest BCUT2D eigenvalue weighted by Crippen LogP contribution is 2.41. The van der Waals surface area contributed by atoms with Gasteiger partial charge in [0.25, 0.3) is 0 Å². The van der Waals surface area contributed by atoms with Crippen molar-refractivity contribution in [2.24, 2.45) is 0 Å². The summed E-state index contributed by atoms with van der Waals surface area (Å²) in [6.45, 7) is 3.66. The molecular formula is C19H21BrN2O3S. The van der Waals surface area contributed by atoms with Crippen molar-refractivity contribution in [3.63, 3.8) is 0 Å². The topological polar surface area (TPSA) is 57.7 Å². The lowest BCUT2D eigenvalue weighted by atomic mass is 10.1. The van der Waals surface area contributed by atoms with Crippen molar-refractivity contribution < 1.29 is 13.2 Å². The van der Waals surface area contributed by atoms with Crippen LogP contribution in [-0.2, 0) is 27.8 Å². The third-order valence-corrected chi connectivity index (χ3v) is 6.87. The number of hydrogen-bond acceptors (Lipinski definition) is 3. The molecule has 2 aromatic carbocycles. The highest BCUT2D eigenvalue weighted by atomic mass is 79.9. The van der Waals surface area contributed by atoms with E-state index in [9.17, 15) is 13.2 Å². The van der Waals surface area contributed by atoms with Gasteiger partial charge >= 0.3 is 0 Å². The first kappa shape index (κ1) is 19.1. The van der Waals surface area contributed by atoms with Crippen molar-refractivity contribution in [2.45, 2.75) is 37.8 Å². The fourth-order valence-electron chi connectivity index (χ4n) is 3.45. The molecule has 0 radical (unpaired) electrons. The molecule has 0 N–H and O–H groups in total. The number of carbonyl (C=O) groups excluding carboxylic acids is 1. The molecule has 1 atom stereocenters. The quantitative estimate of drug-likeness (QED) is 0.735. The molecule has 0 saturated heterocycles. The monoisotopic (exact) mass is 436 g/mol. The van der Waals surface area contributed by atoms with E-state index in [2.05, 4.69) is 15.9 Å². The van der Waals surface area contributed by atoms with Crippen LogP contribution >= 0.6 is 15.9 Å². The maximum Gasteiger partial charge on any atom is 0.245 e. The summed E-state index contributed by atoms with van der Waals surface area (Å²) >= 11 is 3.41. The average molecular weight is 437 g/mol. The SMILES string of the molecule is CC(=O)N1c2c(cc(Br)cc2S(=O)(=O)N(C)Cc2ccccc2)CC1C. The minimum absolute atomic E-state index is 0.0646. The van der Waals surface area contributed by atoms with Crippen molar-refractivity contribution in [1.82, 2.24) is 4.31 Å². The smallest absolute Gasteiger partial charge is 0.245 e. The highest BCUT2D eigenvalue weighted by Gasteiger charge is 2.36. The third kappa shape index (κ3) is 3.43. The Hall–Kier alpha value is -1.70. The van der Waals surface area contributed by atoms with E-state index in [0.29, 0.717) is 16.6 Å². The maximum atomic E-state index is 13.3. The van der Waals surface area contributed by atoms with Crippen LogP contribution in [0.2, 0.25) is 0 Å². The van der Waals surface area contributed by atoms with Crippen LogP contribution in [0.25, 0.3) is 0 Å². The number of rotatable bonds is 4. The Morgan fingerprint density at radius 3 is 2.54 bits per heavy atom.